The minimum atomic E-state index is 0.316. The first-order valence-electron chi connectivity index (χ1n) is 4.65. The van der Waals surface area contributed by atoms with E-state index in [0.717, 1.165) is 23.5 Å². The molecule has 0 aromatic carbocycles. The second-order valence-electron chi connectivity index (χ2n) is 3.20. The zero-order valence-corrected chi connectivity index (χ0v) is 8.99. The lowest BCUT2D eigenvalue weighted by molar-refractivity contribution is -0.118. The van der Waals surface area contributed by atoms with Crippen molar-refractivity contribution in [3.8, 4) is 0 Å². The van der Waals surface area contributed by atoms with Crippen LogP contribution < -0.4 is 0 Å². The summed E-state index contributed by atoms with van der Waals surface area (Å²) in [6, 6.07) is 0. The van der Waals surface area contributed by atoms with E-state index < -0.39 is 0 Å². The highest BCUT2D eigenvalue weighted by Gasteiger charge is 2.05. The van der Waals surface area contributed by atoms with Gasteiger partial charge in [0.2, 0.25) is 0 Å². The Morgan fingerprint density at radius 1 is 1.62 bits per heavy atom. The van der Waals surface area contributed by atoms with Crippen molar-refractivity contribution in [3.05, 3.63) is 16.1 Å². The number of unbranched alkanes of at least 4 members (excludes halogenated alkanes) is 1. The fourth-order valence-electron chi connectivity index (χ4n) is 1.11. The van der Waals surface area contributed by atoms with Crippen molar-refractivity contribution < 1.29 is 4.79 Å². The van der Waals surface area contributed by atoms with Crippen molar-refractivity contribution in [3.63, 3.8) is 0 Å². The predicted molar refractivity (Wildman–Crippen MR) is 55.1 cm³/mol. The number of aromatic nitrogens is 1. The maximum Gasteiger partial charge on any atom is 0.139 e. The maximum absolute atomic E-state index is 11.3. The highest BCUT2D eigenvalue weighted by molar-refractivity contribution is 7.09. The van der Waals surface area contributed by atoms with Crippen LogP contribution >= 0.6 is 11.3 Å². The van der Waals surface area contributed by atoms with Crippen molar-refractivity contribution in [1.82, 2.24) is 4.98 Å². The molecule has 0 aliphatic rings. The summed E-state index contributed by atoms with van der Waals surface area (Å²) in [5.41, 5.74) is 1.02. The number of aryl methyl sites for hydroxylation is 1. The molecule has 0 spiro atoms. The van der Waals surface area contributed by atoms with Crippen LogP contribution in [0.2, 0.25) is 0 Å². The average Bonchev–Trinajstić information content (AvgIpc) is 2.48. The number of rotatable bonds is 5. The number of hydrogen-bond donors (Lipinski definition) is 0. The molecular weight excluding hydrogens is 182 g/mol. The number of hydrogen-bond acceptors (Lipinski definition) is 3. The third-order valence-corrected chi connectivity index (χ3v) is 2.79. The summed E-state index contributed by atoms with van der Waals surface area (Å²) >= 11 is 1.58. The maximum atomic E-state index is 11.3. The molecule has 0 bridgehead atoms. The molecule has 0 aliphatic heterocycles. The van der Waals surface area contributed by atoms with Crippen molar-refractivity contribution in [1.29, 1.82) is 0 Å². The van der Waals surface area contributed by atoms with Crippen LogP contribution in [0, 0.1) is 6.92 Å². The Balaban J connectivity index is 2.36. The van der Waals surface area contributed by atoms with Crippen LogP contribution in [0.3, 0.4) is 0 Å². The van der Waals surface area contributed by atoms with Gasteiger partial charge in [-0.05, 0) is 13.3 Å². The average molecular weight is 197 g/mol. The van der Waals surface area contributed by atoms with Gasteiger partial charge in [-0.25, -0.2) is 4.98 Å². The van der Waals surface area contributed by atoms with Crippen LogP contribution in [0.4, 0.5) is 0 Å². The molecule has 0 unspecified atom stereocenters. The van der Waals surface area contributed by atoms with Gasteiger partial charge in [-0.15, -0.1) is 11.3 Å². The third-order valence-electron chi connectivity index (χ3n) is 1.82. The SMILES string of the molecule is CCCCC(=O)Cc1nc(C)cs1. The first-order valence-corrected chi connectivity index (χ1v) is 5.53. The van der Waals surface area contributed by atoms with Crippen molar-refractivity contribution in [2.45, 2.75) is 39.5 Å². The number of ketones is 1. The Kier molecular flexibility index (Phi) is 4.09. The normalized spacial score (nSPS) is 10.3. The molecule has 0 amide bonds. The molecule has 0 saturated heterocycles. The standard InChI is InChI=1S/C10H15NOS/c1-3-4-5-9(12)6-10-11-8(2)7-13-10/h7H,3-6H2,1-2H3. The van der Waals surface area contributed by atoms with E-state index in [9.17, 15) is 4.79 Å². The monoisotopic (exact) mass is 197 g/mol. The molecule has 1 heterocycles. The van der Waals surface area contributed by atoms with E-state index in [1.54, 1.807) is 11.3 Å². The summed E-state index contributed by atoms with van der Waals surface area (Å²) in [5.74, 6) is 0.316. The first-order chi connectivity index (χ1) is 6.22. The summed E-state index contributed by atoms with van der Waals surface area (Å²) in [5, 5.41) is 2.95. The van der Waals surface area contributed by atoms with Crippen molar-refractivity contribution in [2.24, 2.45) is 0 Å². The summed E-state index contributed by atoms with van der Waals surface area (Å²) in [7, 11) is 0. The molecular formula is C10H15NOS. The van der Waals surface area contributed by atoms with Crippen LogP contribution in [0.1, 0.15) is 36.9 Å². The second-order valence-corrected chi connectivity index (χ2v) is 4.14. The van der Waals surface area contributed by atoms with Gasteiger partial charge in [0, 0.05) is 17.5 Å². The Labute approximate surface area is 83.0 Å². The van der Waals surface area contributed by atoms with Crippen LogP contribution in [-0.2, 0) is 11.2 Å². The fourth-order valence-corrected chi connectivity index (χ4v) is 1.92. The summed E-state index contributed by atoms with van der Waals surface area (Å²) in [6.45, 7) is 4.05. The number of carbonyl (C=O) groups is 1. The van der Waals surface area contributed by atoms with E-state index in [1.807, 2.05) is 12.3 Å². The number of nitrogens with zero attached hydrogens (tertiary/aromatic N) is 1. The van der Waals surface area contributed by atoms with Gasteiger partial charge in [-0.2, -0.15) is 0 Å². The first kappa shape index (κ1) is 10.4. The van der Waals surface area contributed by atoms with Gasteiger partial charge in [0.25, 0.3) is 0 Å². The van der Waals surface area contributed by atoms with Gasteiger partial charge in [0.15, 0.2) is 0 Å². The minimum absolute atomic E-state index is 0.316. The molecule has 1 aromatic heterocycles. The lowest BCUT2D eigenvalue weighted by atomic mass is 10.1. The predicted octanol–water partition coefficient (Wildman–Crippen LogP) is 2.75. The lowest BCUT2D eigenvalue weighted by Crippen LogP contribution is -2.01. The zero-order chi connectivity index (χ0) is 9.68. The largest absolute Gasteiger partial charge is 0.299 e. The zero-order valence-electron chi connectivity index (χ0n) is 8.17. The molecule has 1 rings (SSSR count). The molecule has 0 saturated carbocycles. The molecule has 0 fully saturated rings. The Bertz CT molecular complexity index is 280. The molecule has 2 nitrogen and oxygen atoms in total. The number of carbonyl (C=O) groups excluding carboxylic acids is 1. The van der Waals surface area contributed by atoms with Gasteiger partial charge in [0.1, 0.15) is 10.8 Å². The molecule has 0 atom stereocenters. The van der Waals surface area contributed by atoms with E-state index >= 15 is 0 Å². The quantitative estimate of drug-likeness (QED) is 0.726. The molecule has 0 N–H and O–H groups in total. The Hall–Kier alpha value is -0.700. The van der Waals surface area contributed by atoms with Gasteiger partial charge in [0.05, 0.1) is 6.42 Å². The minimum Gasteiger partial charge on any atom is -0.299 e. The molecule has 1 aromatic rings. The second kappa shape index (κ2) is 5.12. The van der Waals surface area contributed by atoms with Crippen molar-refractivity contribution in [2.75, 3.05) is 0 Å². The van der Waals surface area contributed by atoms with Crippen LogP contribution in [0.25, 0.3) is 0 Å². The van der Waals surface area contributed by atoms with Crippen LogP contribution in [-0.4, -0.2) is 10.8 Å². The third kappa shape index (κ3) is 3.68. The van der Waals surface area contributed by atoms with E-state index in [2.05, 4.69) is 11.9 Å². The lowest BCUT2D eigenvalue weighted by Gasteiger charge is -1.95. The molecule has 0 radical (unpaired) electrons. The topological polar surface area (TPSA) is 30.0 Å². The molecule has 13 heavy (non-hydrogen) atoms. The van der Waals surface area contributed by atoms with Crippen LogP contribution in [0.5, 0.6) is 0 Å². The van der Waals surface area contributed by atoms with Crippen LogP contribution in [0.15, 0.2) is 5.38 Å². The van der Waals surface area contributed by atoms with E-state index in [4.69, 9.17) is 0 Å². The van der Waals surface area contributed by atoms with Crippen molar-refractivity contribution >= 4 is 17.1 Å². The summed E-state index contributed by atoms with van der Waals surface area (Å²) in [4.78, 5) is 15.6. The van der Waals surface area contributed by atoms with Gasteiger partial charge < -0.3 is 0 Å². The smallest absolute Gasteiger partial charge is 0.139 e. The number of thiazole rings is 1. The Morgan fingerprint density at radius 3 is 2.92 bits per heavy atom. The van der Waals surface area contributed by atoms with Gasteiger partial charge in [-0.1, -0.05) is 13.3 Å². The van der Waals surface area contributed by atoms with E-state index in [0.29, 0.717) is 18.6 Å². The molecule has 72 valence electrons. The van der Waals surface area contributed by atoms with Gasteiger partial charge in [-0.3, -0.25) is 4.79 Å². The molecule has 3 heteroatoms. The van der Waals surface area contributed by atoms with E-state index in [-0.39, 0.29) is 0 Å². The molecule has 0 aliphatic carbocycles. The van der Waals surface area contributed by atoms with Gasteiger partial charge >= 0.3 is 0 Å². The number of Topliss-reactive ketones (excluding diaryl/α,β-unsaturated/α-hetero) is 1. The summed E-state index contributed by atoms with van der Waals surface area (Å²) < 4.78 is 0. The summed E-state index contributed by atoms with van der Waals surface area (Å²) in [6.07, 6.45) is 3.32. The Morgan fingerprint density at radius 2 is 2.38 bits per heavy atom. The highest BCUT2D eigenvalue weighted by Crippen LogP contribution is 2.11. The highest BCUT2D eigenvalue weighted by atomic mass is 32.1. The fraction of sp³-hybridized carbons (Fsp3) is 0.600. The van der Waals surface area contributed by atoms with E-state index in [1.165, 1.54) is 0 Å².